The number of pyridine rings is 1. The molecule has 0 N–H and O–H groups in total. The molecule has 2 aromatic carbocycles. The van der Waals surface area contributed by atoms with Gasteiger partial charge in [0.25, 0.3) is 5.91 Å². The van der Waals surface area contributed by atoms with E-state index in [0.29, 0.717) is 30.8 Å². The quantitative estimate of drug-likeness (QED) is 0.492. The molecule has 3 fully saturated rings. The summed E-state index contributed by atoms with van der Waals surface area (Å²) in [5.74, 6) is -0.179. The van der Waals surface area contributed by atoms with E-state index in [1.807, 2.05) is 58.3 Å². The lowest BCUT2D eigenvalue weighted by atomic mass is 9.91. The van der Waals surface area contributed by atoms with Crippen molar-refractivity contribution in [3.05, 3.63) is 89.2 Å². The number of esters is 1. The summed E-state index contributed by atoms with van der Waals surface area (Å²) in [6.07, 6.45) is 6.13. The van der Waals surface area contributed by atoms with Gasteiger partial charge in [-0.15, -0.1) is 0 Å². The normalized spacial score (nSPS) is 23.0. The Morgan fingerprint density at radius 3 is 2.26 bits per heavy atom. The van der Waals surface area contributed by atoms with E-state index in [-0.39, 0.29) is 17.8 Å². The van der Waals surface area contributed by atoms with Gasteiger partial charge in [-0.3, -0.25) is 14.6 Å². The number of aromatic nitrogens is 1. The van der Waals surface area contributed by atoms with Crippen LogP contribution in [-0.2, 0) is 20.5 Å². The van der Waals surface area contributed by atoms with Gasteiger partial charge < -0.3 is 14.5 Å². The average Bonchev–Trinajstić information content (AvgIpc) is 3.27. The summed E-state index contributed by atoms with van der Waals surface area (Å²) < 4.78 is 5.85. The molecule has 7 heteroatoms. The molecular weight excluding hydrogens is 478 g/mol. The number of nitrogens with zero attached hydrogens (tertiary/aromatic N) is 3. The van der Waals surface area contributed by atoms with Crippen molar-refractivity contribution >= 4 is 17.8 Å². The molecule has 3 aromatic rings. The van der Waals surface area contributed by atoms with Gasteiger partial charge in [0, 0.05) is 43.4 Å². The first-order valence-corrected chi connectivity index (χ1v) is 13.5. The molecule has 7 rings (SSSR count). The van der Waals surface area contributed by atoms with Gasteiger partial charge in [-0.2, -0.15) is 0 Å². The van der Waals surface area contributed by atoms with E-state index in [4.69, 9.17) is 4.74 Å². The minimum Gasteiger partial charge on any atom is -0.449 e. The molecule has 1 spiro atoms. The Morgan fingerprint density at radius 2 is 1.55 bits per heavy atom. The number of hydrogen-bond donors (Lipinski definition) is 0. The highest BCUT2D eigenvalue weighted by atomic mass is 16.6. The molecule has 1 aliphatic carbocycles. The van der Waals surface area contributed by atoms with Gasteiger partial charge in [-0.25, -0.2) is 4.79 Å². The summed E-state index contributed by atoms with van der Waals surface area (Å²) in [6, 6.07) is 19.4. The first-order valence-electron chi connectivity index (χ1n) is 13.5. The standard InChI is InChI=1S/C31H29N3O4/c35-27(33-16-3-4-17-33)26-12-9-22(19-32-26)21-7-10-23(11-8-21)30(13-14-30)29(37)34-18-15-31(20-34)25-6-2-1-5-24(25)28(36)38-31/h1-2,5-12,19H,3-4,13-18,20H2. The molecule has 38 heavy (non-hydrogen) atoms. The van der Waals surface area contributed by atoms with E-state index in [1.165, 1.54) is 0 Å². The van der Waals surface area contributed by atoms with Crippen molar-refractivity contribution in [3.8, 4) is 11.1 Å². The molecule has 1 atom stereocenters. The van der Waals surface area contributed by atoms with Crippen molar-refractivity contribution in [2.45, 2.75) is 43.1 Å². The van der Waals surface area contributed by atoms with Crippen molar-refractivity contribution in [3.63, 3.8) is 0 Å². The topological polar surface area (TPSA) is 79.8 Å². The van der Waals surface area contributed by atoms with E-state index in [0.717, 1.165) is 61.0 Å². The van der Waals surface area contributed by atoms with Crippen LogP contribution >= 0.6 is 0 Å². The van der Waals surface area contributed by atoms with Crippen LogP contribution < -0.4 is 0 Å². The third-order valence-corrected chi connectivity index (χ3v) is 8.75. The van der Waals surface area contributed by atoms with Crippen molar-refractivity contribution in [2.75, 3.05) is 26.2 Å². The molecule has 7 nitrogen and oxygen atoms in total. The van der Waals surface area contributed by atoms with Gasteiger partial charge in [0.15, 0.2) is 5.60 Å². The molecule has 1 saturated carbocycles. The number of carbonyl (C=O) groups is 3. The van der Waals surface area contributed by atoms with Gasteiger partial charge in [-0.1, -0.05) is 48.5 Å². The Hall–Kier alpha value is -4.00. The van der Waals surface area contributed by atoms with Gasteiger partial charge in [0.05, 0.1) is 17.5 Å². The number of carbonyl (C=O) groups excluding carboxylic acids is 3. The summed E-state index contributed by atoms with van der Waals surface area (Å²) in [4.78, 5) is 47.0. The number of likely N-dealkylation sites (tertiary alicyclic amines) is 2. The second kappa shape index (κ2) is 8.51. The van der Waals surface area contributed by atoms with Gasteiger partial charge in [-0.05, 0) is 48.9 Å². The Bertz CT molecular complexity index is 1440. The summed E-state index contributed by atoms with van der Waals surface area (Å²) in [7, 11) is 0. The number of amides is 2. The maximum absolute atomic E-state index is 13.8. The van der Waals surface area contributed by atoms with Crippen molar-refractivity contribution in [1.29, 1.82) is 0 Å². The third kappa shape index (κ3) is 3.56. The van der Waals surface area contributed by atoms with Crippen LogP contribution in [0.5, 0.6) is 0 Å². The van der Waals surface area contributed by atoms with Crippen LogP contribution in [-0.4, -0.2) is 58.7 Å². The van der Waals surface area contributed by atoms with Crippen molar-refractivity contribution in [1.82, 2.24) is 14.8 Å². The molecule has 2 amide bonds. The highest BCUT2D eigenvalue weighted by molar-refractivity contribution is 5.96. The molecule has 0 bridgehead atoms. The zero-order chi connectivity index (χ0) is 25.9. The smallest absolute Gasteiger partial charge is 0.339 e. The van der Waals surface area contributed by atoms with Crippen LogP contribution in [0.15, 0.2) is 66.9 Å². The first kappa shape index (κ1) is 23.1. The molecule has 4 aliphatic rings. The fourth-order valence-electron chi connectivity index (χ4n) is 6.41. The molecule has 4 heterocycles. The van der Waals surface area contributed by atoms with E-state index in [2.05, 4.69) is 4.98 Å². The fraction of sp³-hybridized carbons (Fsp3) is 0.355. The number of hydrogen-bond acceptors (Lipinski definition) is 5. The fourth-order valence-corrected chi connectivity index (χ4v) is 6.41. The van der Waals surface area contributed by atoms with Crippen LogP contribution in [0.2, 0.25) is 0 Å². The van der Waals surface area contributed by atoms with Gasteiger partial charge in [0.1, 0.15) is 5.69 Å². The lowest BCUT2D eigenvalue weighted by molar-refractivity contribution is -0.134. The average molecular weight is 508 g/mol. The monoisotopic (exact) mass is 507 g/mol. The third-order valence-electron chi connectivity index (χ3n) is 8.75. The molecule has 1 unspecified atom stereocenters. The number of benzene rings is 2. The maximum atomic E-state index is 13.8. The predicted molar refractivity (Wildman–Crippen MR) is 140 cm³/mol. The highest BCUT2D eigenvalue weighted by Gasteiger charge is 2.57. The second-order valence-electron chi connectivity index (χ2n) is 11.0. The van der Waals surface area contributed by atoms with Crippen molar-refractivity contribution in [2.24, 2.45) is 0 Å². The number of fused-ring (bicyclic) bond motifs is 2. The minimum atomic E-state index is -0.724. The van der Waals surface area contributed by atoms with Crippen LogP contribution in [0.25, 0.3) is 11.1 Å². The zero-order valence-electron chi connectivity index (χ0n) is 21.2. The Labute approximate surface area is 221 Å². The van der Waals surface area contributed by atoms with E-state index in [1.54, 1.807) is 18.3 Å². The predicted octanol–water partition coefficient (Wildman–Crippen LogP) is 4.31. The molecular formula is C31H29N3O4. The maximum Gasteiger partial charge on any atom is 0.339 e. The number of ether oxygens (including phenoxy) is 1. The van der Waals surface area contributed by atoms with Crippen molar-refractivity contribution < 1.29 is 19.1 Å². The Balaban J connectivity index is 1.07. The van der Waals surface area contributed by atoms with Crippen LogP contribution in [0, 0.1) is 0 Å². The molecule has 1 aromatic heterocycles. The van der Waals surface area contributed by atoms with E-state index < -0.39 is 11.0 Å². The largest absolute Gasteiger partial charge is 0.449 e. The number of rotatable bonds is 4. The Morgan fingerprint density at radius 1 is 0.816 bits per heavy atom. The summed E-state index contributed by atoms with van der Waals surface area (Å²) >= 11 is 0. The van der Waals surface area contributed by atoms with E-state index >= 15 is 0 Å². The molecule has 0 radical (unpaired) electrons. The van der Waals surface area contributed by atoms with Gasteiger partial charge in [0.2, 0.25) is 5.91 Å². The van der Waals surface area contributed by atoms with Gasteiger partial charge >= 0.3 is 5.97 Å². The Kier molecular flexibility index (Phi) is 5.18. The SMILES string of the molecule is O=C1OC2(CCN(C(=O)C3(c4ccc(-c5ccc(C(=O)N6CCCC6)nc5)cc4)CC3)C2)c2ccccc21. The lowest BCUT2D eigenvalue weighted by Gasteiger charge is -2.27. The van der Waals surface area contributed by atoms with E-state index in [9.17, 15) is 14.4 Å². The second-order valence-corrected chi connectivity index (χ2v) is 11.0. The van der Waals surface area contributed by atoms with Crippen LogP contribution in [0.1, 0.15) is 64.1 Å². The van der Waals surface area contributed by atoms with Crippen LogP contribution in [0.3, 0.4) is 0 Å². The highest BCUT2D eigenvalue weighted by Crippen LogP contribution is 2.52. The van der Waals surface area contributed by atoms with Crippen LogP contribution in [0.4, 0.5) is 0 Å². The molecule has 3 aliphatic heterocycles. The molecule has 192 valence electrons. The zero-order valence-corrected chi connectivity index (χ0v) is 21.2. The minimum absolute atomic E-state index is 0.00173. The summed E-state index contributed by atoms with van der Waals surface area (Å²) in [5.41, 5.74) is 3.72. The summed E-state index contributed by atoms with van der Waals surface area (Å²) in [6.45, 7) is 2.60. The molecule has 2 saturated heterocycles. The lowest BCUT2D eigenvalue weighted by Crippen LogP contribution is -2.40. The first-order chi connectivity index (χ1) is 18.5. The summed E-state index contributed by atoms with van der Waals surface area (Å²) in [5, 5.41) is 0.